The third kappa shape index (κ3) is 16.5. The fourth-order valence-electron chi connectivity index (χ4n) is 12.2. The minimum absolute atomic E-state index is 0.0629. The summed E-state index contributed by atoms with van der Waals surface area (Å²) in [6.07, 6.45) is 6.73. The van der Waals surface area contributed by atoms with Crippen molar-refractivity contribution >= 4 is 41.2 Å². The van der Waals surface area contributed by atoms with Crippen molar-refractivity contribution in [2.24, 2.45) is 11.8 Å². The second-order valence-corrected chi connectivity index (χ2v) is 22.1. The van der Waals surface area contributed by atoms with E-state index >= 15 is 0 Å². The highest BCUT2D eigenvalue weighted by atomic mass is 16.5. The van der Waals surface area contributed by atoms with Crippen molar-refractivity contribution in [2.75, 3.05) is 53.6 Å². The van der Waals surface area contributed by atoms with Crippen LogP contribution in [0.2, 0.25) is 0 Å². The Bertz CT molecular complexity index is 2520. The van der Waals surface area contributed by atoms with Crippen molar-refractivity contribution in [1.29, 1.82) is 0 Å². The Morgan fingerprint density at radius 3 is 1.73 bits per heavy atom. The molecule has 4 saturated heterocycles. The van der Waals surface area contributed by atoms with Crippen LogP contribution in [0.4, 0.5) is 0 Å². The molecule has 0 aromatic heterocycles. The highest BCUT2D eigenvalue weighted by Crippen LogP contribution is 2.36. The Hall–Kier alpha value is -6.13. The van der Waals surface area contributed by atoms with E-state index in [1.807, 2.05) is 74.5 Å². The summed E-state index contributed by atoms with van der Waals surface area (Å²) in [5.74, 6) is -2.74. The largest absolute Gasteiger partial charge is 0.396 e. The van der Waals surface area contributed by atoms with E-state index in [4.69, 9.17) is 9.47 Å². The number of aliphatic hydroxyl groups excluding tert-OH is 2. The maximum atomic E-state index is 14.2. The van der Waals surface area contributed by atoms with Crippen LogP contribution in [0, 0.1) is 11.8 Å². The number of nitrogens with zero attached hydrogens (tertiary/aromatic N) is 2. The molecule has 81 heavy (non-hydrogen) atoms. The van der Waals surface area contributed by atoms with Gasteiger partial charge in [-0.1, -0.05) is 98.8 Å². The molecule has 4 heterocycles. The molecule has 20 heteroatoms. The van der Waals surface area contributed by atoms with Gasteiger partial charge in [0.15, 0.2) is 5.78 Å². The molecule has 20 nitrogen and oxygen atoms in total. The highest BCUT2D eigenvalue weighted by Gasteiger charge is 2.48. The summed E-state index contributed by atoms with van der Waals surface area (Å²) >= 11 is 0. The number of likely N-dealkylation sites (N-methyl/N-ethyl adjacent to an activating group) is 2. The Morgan fingerprint density at radius 1 is 0.605 bits per heavy atom. The van der Waals surface area contributed by atoms with Gasteiger partial charge in [0.1, 0.15) is 24.2 Å². The van der Waals surface area contributed by atoms with Crippen molar-refractivity contribution in [2.45, 2.75) is 165 Å². The Morgan fingerprint density at radius 2 is 1.12 bits per heavy atom. The SMILES string of the molecule is CC[C@H](NC)C(=O)N[C@@H]1C(=O)N2[C@@H](CC[C@@H]1CO)CC[C@H]2C(=O)N[C@H](C(=O)CCCOCc1ccc(COCCNC(=O)[C@@H](NC(=O)[C@@H]2CC[C@@H]3CC[C@H](CO)[C@H](NC(=O)[C@H](CC)NC)CN32)c2ccccc2)cc1)c1ccccc1. The van der Waals surface area contributed by atoms with Crippen LogP contribution in [0.25, 0.3) is 0 Å². The fourth-order valence-corrected chi connectivity index (χ4v) is 12.2. The predicted octanol–water partition coefficient (Wildman–Crippen LogP) is 2.86. The number of benzene rings is 3. The number of nitrogens with one attached hydrogen (secondary N) is 7. The average molecular weight is 1120 g/mol. The van der Waals surface area contributed by atoms with Gasteiger partial charge in [-0.15, -0.1) is 0 Å². The lowest BCUT2D eigenvalue weighted by Gasteiger charge is -2.33. The molecule has 3 aromatic carbocycles. The van der Waals surface area contributed by atoms with Gasteiger partial charge in [-0.3, -0.25) is 38.5 Å². The van der Waals surface area contributed by atoms with Crippen LogP contribution in [0.3, 0.4) is 0 Å². The highest BCUT2D eigenvalue weighted by molar-refractivity contribution is 5.96. The Labute approximate surface area is 477 Å². The molecule has 0 bridgehead atoms. The molecule has 9 N–H and O–H groups in total. The van der Waals surface area contributed by atoms with Crippen molar-refractivity contribution < 1.29 is 53.2 Å². The Balaban J connectivity index is 0.844. The van der Waals surface area contributed by atoms with E-state index in [0.29, 0.717) is 88.9 Å². The first kappa shape index (κ1) is 62.5. The van der Waals surface area contributed by atoms with Crippen LogP contribution < -0.4 is 37.2 Å². The van der Waals surface area contributed by atoms with E-state index < -0.39 is 54.0 Å². The topological polar surface area (TPSA) is 269 Å². The van der Waals surface area contributed by atoms with Gasteiger partial charge in [0, 0.05) is 69.3 Å². The molecular formula is C61H87N9O11. The zero-order valence-corrected chi connectivity index (χ0v) is 47.6. The summed E-state index contributed by atoms with van der Waals surface area (Å²) in [4.78, 5) is 100. The molecule has 7 rings (SSSR count). The molecule has 4 fully saturated rings. The summed E-state index contributed by atoms with van der Waals surface area (Å²) in [5, 5.41) is 41.6. The van der Waals surface area contributed by atoms with Crippen LogP contribution in [0.15, 0.2) is 84.9 Å². The van der Waals surface area contributed by atoms with E-state index in [9.17, 15) is 43.8 Å². The first-order valence-corrected chi connectivity index (χ1v) is 29.3. The lowest BCUT2D eigenvalue weighted by atomic mass is 9.93. The number of hydrogen-bond donors (Lipinski definition) is 9. The molecule has 12 atom stereocenters. The van der Waals surface area contributed by atoms with E-state index in [1.165, 1.54) is 0 Å². The number of hydrogen-bond acceptors (Lipinski definition) is 14. The van der Waals surface area contributed by atoms with Gasteiger partial charge in [0.25, 0.3) is 0 Å². The minimum atomic E-state index is -0.984. The first-order chi connectivity index (χ1) is 39.3. The molecule has 0 unspecified atom stereocenters. The van der Waals surface area contributed by atoms with Gasteiger partial charge in [-0.25, -0.2) is 0 Å². The predicted molar refractivity (Wildman–Crippen MR) is 305 cm³/mol. The number of ketones is 1. The number of carbonyl (C=O) groups is 7. The van der Waals surface area contributed by atoms with E-state index in [1.54, 1.807) is 43.3 Å². The molecule has 0 spiro atoms. The van der Waals surface area contributed by atoms with Crippen LogP contribution in [-0.2, 0) is 56.2 Å². The molecule has 0 radical (unpaired) electrons. The zero-order chi connectivity index (χ0) is 57.8. The fraction of sp³-hybridized carbons (Fsp3) is 0.590. The summed E-state index contributed by atoms with van der Waals surface area (Å²) in [6, 6.07) is 20.4. The second kappa shape index (κ2) is 31.3. The summed E-state index contributed by atoms with van der Waals surface area (Å²) in [6.45, 7) is 5.24. The maximum Gasteiger partial charge on any atom is 0.247 e. The average Bonchev–Trinajstić information content (AvgIpc) is 4.17. The number of carbonyl (C=O) groups excluding carboxylic acids is 7. The van der Waals surface area contributed by atoms with Gasteiger partial charge in [0.2, 0.25) is 35.4 Å². The number of fused-ring (bicyclic) bond motifs is 2. The van der Waals surface area contributed by atoms with E-state index in [2.05, 4.69) is 42.1 Å². The summed E-state index contributed by atoms with van der Waals surface area (Å²) < 4.78 is 11.9. The Kier molecular flexibility index (Phi) is 24.2. The van der Waals surface area contributed by atoms with Crippen molar-refractivity contribution in [3.63, 3.8) is 0 Å². The van der Waals surface area contributed by atoms with Gasteiger partial charge in [0.05, 0.1) is 37.9 Å². The van der Waals surface area contributed by atoms with Gasteiger partial charge >= 0.3 is 0 Å². The first-order valence-electron chi connectivity index (χ1n) is 29.3. The minimum Gasteiger partial charge on any atom is -0.396 e. The monoisotopic (exact) mass is 1120 g/mol. The quantitative estimate of drug-likeness (QED) is 0.0453. The van der Waals surface area contributed by atoms with Crippen molar-refractivity contribution in [1.82, 2.24) is 47.0 Å². The molecule has 3 aromatic rings. The third-order valence-corrected chi connectivity index (χ3v) is 16.9. The normalized spacial score (nSPS) is 24.3. The van der Waals surface area contributed by atoms with Crippen LogP contribution in [0.1, 0.15) is 125 Å². The molecule has 4 aliphatic rings. The van der Waals surface area contributed by atoms with Crippen LogP contribution >= 0.6 is 0 Å². The standard InChI is InChI=1S/C61H87N9O11/c1-5-47(62-3)56(74)65-49-34-69-45(25-23-43(49)35-71)27-29-50(69)58(76)67-54(42-16-11-8-12-17-42)60(78)64-31-33-81-38-40-21-19-39(20-22-40)37-80-32-13-18-52(73)53(41-14-9-7-10-15-41)66-59(77)51-30-28-46-26-24-44(36-72)55(61(79)70(46)51)68-57(75)48(6-2)63-4/h7-12,14-17,19-22,43-51,53-55,62-63,71-72H,5-6,13,18,23-38H2,1-4H3,(H,64,78)(H,65,74)(H,66,77)(H,67,76)(H,68,75)/t43-,44-,45+,46+,47+,48+,49-,50+,51+,53+,54+,55+/m1/s1. The summed E-state index contributed by atoms with van der Waals surface area (Å²) in [7, 11) is 3.42. The molecule has 4 aliphatic heterocycles. The smallest absolute Gasteiger partial charge is 0.247 e. The van der Waals surface area contributed by atoms with Gasteiger partial charge in [-0.2, -0.15) is 0 Å². The number of ether oxygens (including phenoxy) is 2. The van der Waals surface area contributed by atoms with Gasteiger partial charge in [-0.05, 0) is 107 Å². The van der Waals surface area contributed by atoms with Crippen molar-refractivity contribution in [3.05, 3.63) is 107 Å². The van der Waals surface area contributed by atoms with E-state index in [-0.39, 0.29) is 92.3 Å². The summed E-state index contributed by atoms with van der Waals surface area (Å²) in [5.41, 5.74) is 3.12. The van der Waals surface area contributed by atoms with Crippen molar-refractivity contribution in [3.8, 4) is 0 Å². The lowest BCUT2D eigenvalue weighted by molar-refractivity contribution is -0.144. The molecule has 0 aliphatic carbocycles. The number of Topliss-reactive ketones (excluding diaryl/α,β-unsaturated/α-hetero) is 1. The molecule has 0 saturated carbocycles. The van der Waals surface area contributed by atoms with Crippen LogP contribution in [0.5, 0.6) is 0 Å². The molecule has 6 amide bonds. The van der Waals surface area contributed by atoms with Crippen LogP contribution in [-0.4, -0.2) is 163 Å². The zero-order valence-electron chi connectivity index (χ0n) is 47.6. The van der Waals surface area contributed by atoms with Gasteiger partial charge < -0.3 is 61.8 Å². The molecular weight excluding hydrogens is 1030 g/mol. The van der Waals surface area contributed by atoms with E-state index in [0.717, 1.165) is 30.4 Å². The lowest BCUT2D eigenvalue weighted by Crippen LogP contribution is -2.58. The number of amides is 6. The maximum absolute atomic E-state index is 14.2. The molecule has 442 valence electrons. The number of aliphatic hydroxyl groups is 2. The third-order valence-electron chi connectivity index (χ3n) is 16.9. The second-order valence-electron chi connectivity index (χ2n) is 22.1. The number of rotatable bonds is 29.